The van der Waals surface area contributed by atoms with Crippen LogP contribution in [-0.2, 0) is 9.47 Å². The van der Waals surface area contributed by atoms with Gasteiger partial charge in [-0.05, 0) is 25.7 Å². The number of unbranched alkanes of at least 4 members (excludes halogenated alkanes) is 12. The third-order valence-electron chi connectivity index (χ3n) is 6.63. The normalized spacial score (nSPS) is 25.5. The van der Waals surface area contributed by atoms with Crippen LogP contribution in [-0.4, -0.2) is 41.4 Å². The zero-order valence-electron chi connectivity index (χ0n) is 20.3. The summed E-state index contributed by atoms with van der Waals surface area (Å²) in [4.78, 5) is 0. The molecule has 1 fully saturated rings. The second kappa shape index (κ2) is 18.4. The Labute approximate surface area is 187 Å². The summed E-state index contributed by atoms with van der Waals surface area (Å²) < 4.78 is 11.8. The molecule has 0 spiro atoms. The lowest BCUT2D eigenvalue weighted by Crippen LogP contribution is -2.47. The van der Waals surface area contributed by atoms with E-state index < -0.39 is 12.2 Å². The molecule has 4 nitrogen and oxygen atoms in total. The van der Waals surface area contributed by atoms with Gasteiger partial charge in [-0.15, -0.1) is 0 Å². The van der Waals surface area contributed by atoms with Crippen LogP contribution in [0.1, 0.15) is 130 Å². The highest BCUT2D eigenvalue weighted by molar-refractivity contribution is 4.80. The Kier molecular flexibility index (Phi) is 17.1. The molecule has 1 aliphatic heterocycles. The molecular formula is C26H52O4. The van der Waals surface area contributed by atoms with Crippen molar-refractivity contribution in [2.75, 3.05) is 6.61 Å². The molecule has 0 saturated carbocycles. The second-order valence-electron chi connectivity index (χ2n) is 9.58. The van der Waals surface area contributed by atoms with Crippen molar-refractivity contribution in [3.63, 3.8) is 0 Å². The Bertz CT molecular complexity index is 364. The Balaban J connectivity index is 2.27. The minimum Gasteiger partial charge on any atom is -0.390 e. The van der Waals surface area contributed by atoms with Crippen molar-refractivity contribution >= 4 is 0 Å². The van der Waals surface area contributed by atoms with Gasteiger partial charge in [-0.3, -0.25) is 0 Å². The lowest BCUT2D eigenvalue weighted by atomic mass is 9.94. The highest BCUT2D eigenvalue weighted by Crippen LogP contribution is 2.24. The van der Waals surface area contributed by atoms with E-state index in [0.717, 1.165) is 0 Å². The first-order chi connectivity index (χ1) is 14.6. The van der Waals surface area contributed by atoms with Gasteiger partial charge in [0.1, 0.15) is 6.10 Å². The van der Waals surface area contributed by atoms with Gasteiger partial charge in [-0.1, -0.05) is 104 Å². The minimum absolute atomic E-state index is 0.368. The first-order valence-corrected chi connectivity index (χ1v) is 13.2. The van der Waals surface area contributed by atoms with Crippen LogP contribution in [0.2, 0.25) is 0 Å². The monoisotopic (exact) mass is 428 g/mol. The van der Waals surface area contributed by atoms with Gasteiger partial charge in [0, 0.05) is 6.42 Å². The molecule has 1 saturated heterocycles. The van der Waals surface area contributed by atoms with Crippen molar-refractivity contribution in [2.45, 2.75) is 155 Å². The highest BCUT2D eigenvalue weighted by atomic mass is 16.7. The van der Waals surface area contributed by atoms with Gasteiger partial charge >= 0.3 is 0 Å². The van der Waals surface area contributed by atoms with Crippen molar-refractivity contribution in [3.8, 4) is 0 Å². The molecule has 1 heterocycles. The summed E-state index contributed by atoms with van der Waals surface area (Å²) in [6.45, 7) is 7.05. The van der Waals surface area contributed by atoms with Crippen LogP contribution in [0.3, 0.4) is 0 Å². The van der Waals surface area contributed by atoms with E-state index in [9.17, 15) is 10.2 Å². The number of hydrogen-bond donors (Lipinski definition) is 2. The van der Waals surface area contributed by atoms with Gasteiger partial charge in [0.15, 0.2) is 6.29 Å². The Morgan fingerprint density at radius 1 is 0.767 bits per heavy atom. The summed E-state index contributed by atoms with van der Waals surface area (Å²) in [5, 5.41) is 19.8. The molecule has 5 atom stereocenters. The van der Waals surface area contributed by atoms with Crippen LogP contribution in [0.15, 0.2) is 0 Å². The molecule has 0 aromatic heterocycles. The maximum absolute atomic E-state index is 10.00. The van der Waals surface area contributed by atoms with Gasteiger partial charge in [0.2, 0.25) is 0 Å². The molecule has 0 aliphatic carbocycles. The van der Waals surface area contributed by atoms with E-state index in [-0.39, 0.29) is 12.4 Å². The zero-order valence-corrected chi connectivity index (χ0v) is 20.3. The molecule has 0 aromatic rings. The molecule has 2 N–H and O–H groups in total. The highest BCUT2D eigenvalue weighted by Gasteiger charge is 2.34. The van der Waals surface area contributed by atoms with Crippen molar-refractivity contribution < 1.29 is 19.7 Å². The Hall–Kier alpha value is -0.160. The predicted molar refractivity (Wildman–Crippen MR) is 126 cm³/mol. The molecule has 5 unspecified atom stereocenters. The summed E-state index contributed by atoms with van der Waals surface area (Å²) in [6.07, 6.45) is 19.4. The maximum atomic E-state index is 10.00. The lowest BCUT2D eigenvalue weighted by Gasteiger charge is -2.35. The van der Waals surface area contributed by atoms with Crippen molar-refractivity contribution in [3.05, 3.63) is 0 Å². The standard InChI is InChI=1S/C26H52O4/c1-4-6-8-10-12-13-15-17-19-23(18-16-14-11-9-7-5-2)21-29-25-20-24(27)26(28)22(3)30-25/h22-28H,4-21H2,1-3H3. The topological polar surface area (TPSA) is 58.9 Å². The molecule has 1 aliphatic rings. The van der Waals surface area contributed by atoms with Gasteiger partial charge in [-0.25, -0.2) is 0 Å². The number of aliphatic hydroxyl groups excluding tert-OH is 2. The van der Waals surface area contributed by atoms with E-state index in [1.807, 2.05) is 0 Å². The number of aliphatic hydroxyl groups is 2. The van der Waals surface area contributed by atoms with Crippen molar-refractivity contribution in [1.82, 2.24) is 0 Å². The maximum Gasteiger partial charge on any atom is 0.160 e. The van der Waals surface area contributed by atoms with E-state index in [0.29, 0.717) is 18.9 Å². The number of ether oxygens (including phenoxy) is 2. The molecule has 0 aromatic carbocycles. The number of hydrogen-bond acceptors (Lipinski definition) is 4. The molecule has 0 radical (unpaired) electrons. The van der Waals surface area contributed by atoms with E-state index in [2.05, 4.69) is 13.8 Å². The Morgan fingerprint density at radius 2 is 1.23 bits per heavy atom. The Morgan fingerprint density at radius 3 is 1.70 bits per heavy atom. The van der Waals surface area contributed by atoms with Gasteiger partial charge in [0.25, 0.3) is 0 Å². The van der Waals surface area contributed by atoms with E-state index in [1.165, 1.54) is 103 Å². The van der Waals surface area contributed by atoms with Crippen LogP contribution >= 0.6 is 0 Å². The smallest absolute Gasteiger partial charge is 0.160 e. The van der Waals surface area contributed by atoms with E-state index in [1.54, 1.807) is 6.92 Å². The first-order valence-electron chi connectivity index (χ1n) is 13.2. The second-order valence-corrected chi connectivity index (χ2v) is 9.58. The van der Waals surface area contributed by atoms with Crippen molar-refractivity contribution in [2.24, 2.45) is 5.92 Å². The predicted octanol–water partition coefficient (Wildman–Crippen LogP) is 6.76. The summed E-state index contributed by atoms with van der Waals surface area (Å²) in [5.41, 5.74) is 0. The third kappa shape index (κ3) is 13.3. The van der Waals surface area contributed by atoms with Crippen LogP contribution in [0.25, 0.3) is 0 Å². The fourth-order valence-electron chi connectivity index (χ4n) is 4.47. The summed E-state index contributed by atoms with van der Waals surface area (Å²) in [6, 6.07) is 0. The SMILES string of the molecule is CCCCCCCCCCC(CCCCCCCC)COC1CC(O)C(O)C(C)O1. The minimum atomic E-state index is -0.805. The largest absolute Gasteiger partial charge is 0.390 e. The molecule has 4 heteroatoms. The fourth-order valence-corrected chi connectivity index (χ4v) is 4.47. The number of rotatable bonds is 19. The summed E-state index contributed by atoms with van der Waals surface area (Å²) in [5.74, 6) is 0.583. The molecule has 0 bridgehead atoms. The average Bonchev–Trinajstić information content (AvgIpc) is 2.73. The van der Waals surface area contributed by atoms with Crippen LogP contribution in [0.4, 0.5) is 0 Å². The average molecular weight is 429 g/mol. The van der Waals surface area contributed by atoms with Gasteiger partial charge in [-0.2, -0.15) is 0 Å². The molecule has 1 rings (SSSR count). The van der Waals surface area contributed by atoms with Crippen molar-refractivity contribution in [1.29, 1.82) is 0 Å². The van der Waals surface area contributed by atoms with Gasteiger partial charge in [0.05, 0.1) is 18.8 Å². The lowest BCUT2D eigenvalue weighted by molar-refractivity contribution is -0.249. The van der Waals surface area contributed by atoms with Crippen LogP contribution in [0.5, 0.6) is 0 Å². The quantitative estimate of drug-likeness (QED) is 0.223. The first kappa shape index (κ1) is 27.9. The molecular weight excluding hydrogens is 376 g/mol. The molecule has 30 heavy (non-hydrogen) atoms. The zero-order chi connectivity index (χ0) is 22.0. The van der Waals surface area contributed by atoms with Gasteiger partial charge < -0.3 is 19.7 Å². The third-order valence-corrected chi connectivity index (χ3v) is 6.63. The molecule has 180 valence electrons. The fraction of sp³-hybridized carbons (Fsp3) is 1.00. The van der Waals surface area contributed by atoms with E-state index >= 15 is 0 Å². The molecule has 0 amide bonds. The van der Waals surface area contributed by atoms with Crippen LogP contribution in [0, 0.1) is 5.92 Å². The van der Waals surface area contributed by atoms with E-state index in [4.69, 9.17) is 9.47 Å². The summed E-state index contributed by atoms with van der Waals surface area (Å²) in [7, 11) is 0. The van der Waals surface area contributed by atoms with Crippen LogP contribution < -0.4 is 0 Å². The summed E-state index contributed by atoms with van der Waals surface area (Å²) >= 11 is 0.